The summed E-state index contributed by atoms with van der Waals surface area (Å²) < 4.78 is 26.2. The zero-order chi connectivity index (χ0) is 13.7. The number of nitroso groups, excluding NO2 is 1. The average molecular weight is 282 g/mol. The van der Waals surface area contributed by atoms with Crippen LogP contribution in [0.25, 0.3) is 0 Å². The molecule has 0 N–H and O–H groups in total. The number of rotatable bonds is 4. The fourth-order valence-electron chi connectivity index (χ4n) is 2.32. The van der Waals surface area contributed by atoms with Gasteiger partial charge in [0.05, 0.1) is 5.75 Å². The van der Waals surface area contributed by atoms with Crippen LogP contribution >= 0.6 is 0 Å². The topological polar surface area (TPSA) is 66.8 Å². The second-order valence-electron chi connectivity index (χ2n) is 4.83. The van der Waals surface area contributed by atoms with Crippen molar-refractivity contribution in [1.82, 2.24) is 4.31 Å². The number of benzene rings is 1. The van der Waals surface area contributed by atoms with Gasteiger partial charge in [0.25, 0.3) is 0 Å². The van der Waals surface area contributed by atoms with Crippen molar-refractivity contribution in [3.8, 4) is 0 Å². The van der Waals surface area contributed by atoms with Gasteiger partial charge in [-0.05, 0) is 35.7 Å². The molecule has 0 saturated carbocycles. The first-order valence-corrected chi connectivity index (χ1v) is 8.13. The zero-order valence-corrected chi connectivity index (χ0v) is 11.6. The smallest absolute Gasteiger partial charge is 0.212 e. The summed E-state index contributed by atoms with van der Waals surface area (Å²) in [5, 5.41) is 2.83. The van der Waals surface area contributed by atoms with E-state index in [1.54, 1.807) is 22.5 Å². The Balaban J connectivity index is 2.13. The molecule has 19 heavy (non-hydrogen) atoms. The molecule has 0 atom stereocenters. The molecule has 1 saturated heterocycles. The second-order valence-corrected chi connectivity index (χ2v) is 6.80. The van der Waals surface area contributed by atoms with E-state index in [9.17, 15) is 13.3 Å². The lowest BCUT2D eigenvalue weighted by Crippen LogP contribution is -2.32. The predicted octanol–water partition coefficient (Wildman–Crippen LogP) is 2.79. The quantitative estimate of drug-likeness (QED) is 0.797. The molecule has 1 aliphatic rings. The Kier molecular flexibility index (Phi) is 4.66. The molecule has 5 nitrogen and oxygen atoms in total. The highest BCUT2D eigenvalue weighted by atomic mass is 32.2. The lowest BCUT2D eigenvalue weighted by atomic mass is 10.2. The highest BCUT2D eigenvalue weighted by Crippen LogP contribution is 2.19. The molecular weight excluding hydrogens is 264 g/mol. The minimum absolute atomic E-state index is 0.0592. The van der Waals surface area contributed by atoms with E-state index in [0.29, 0.717) is 18.7 Å². The van der Waals surface area contributed by atoms with Crippen molar-refractivity contribution < 1.29 is 8.42 Å². The average Bonchev–Trinajstić information content (AvgIpc) is 2.68. The molecule has 0 aromatic heterocycles. The Labute approximate surface area is 113 Å². The van der Waals surface area contributed by atoms with E-state index in [4.69, 9.17) is 0 Å². The fraction of sp³-hybridized carbons (Fsp3) is 0.538. The number of sulfonamides is 1. The molecule has 0 aliphatic carbocycles. The SMILES string of the molecule is O=Nc1cccc(CS(=O)(=O)N2CCCCCC2)c1. The molecule has 1 aromatic rings. The summed E-state index contributed by atoms with van der Waals surface area (Å²) in [6.45, 7) is 1.21. The monoisotopic (exact) mass is 282 g/mol. The van der Waals surface area contributed by atoms with Crippen LogP contribution in [0.2, 0.25) is 0 Å². The van der Waals surface area contributed by atoms with E-state index in [1.165, 1.54) is 6.07 Å². The van der Waals surface area contributed by atoms with Gasteiger partial charge < -0.3 is 0 Å². The summed E-state index contributed by atoms with van der Waals surface area (Å²) in [5.41, 5.74) is 0.880. The number of nitrogens with zero attached hydrogens (tertiary/aromatic N) is 2. The van der Waals surface area contributed by atoms with Crippen LogP contribution in [0.5, 0.6) is 0 Å². The Hall–Kier alpha value is -1.27. The van der Waals surface area contributed by atoms with Crippen molar-refractivity contribution in [3.63, 3.8) is 0 Å². The first-order chi connectivity index (χ1) is 9.12. The maximum absolute atomic E-state index is 12.3. The Bertz CT molecular complexity index is 535. The molecule has 0 unspecified atom stereocenters. The van der Waals surface area contributed by atoms with Crippen LogP contribution in [0.4, 0.5) is 5.69 Å². The summed E-state index contributed by atoms with van der Waals surface area (Å²) >= 11 is 0. The van der Waals surface area contributed by atoms with Gasteiger partial charge in [0.1, 0.15) is 5.69 Å². The van der Waals surface area contributed by atoms with Gasteiger partial charge in [0, 0.05) is 13.1 Å². The minimum Gasteiger partial charge on any atom is -0.212 e. The van der Waals surface area contributed by atoms with Crippen molar-refractivity contribution in [3.05, 3.63) is 34.7 Å². The summed E-state index contributed by atoms with van der Waals surface area (Å²) in [6.07, 6.45) is 4.04. The summed E-state index contributed by atoms with van der Waals surface area (Å²) in [4.78, 5) is 10.5. The third kappa shape index (κ3) is 3.84. The lowest BCUT2D eigenvalue weighted by molar-refractivity contribution is 0.423. The fourth-order valence-corrected chi connectivity index (χ4v) is 3.92. The van der Waals surface area contributed by atoms with Gasteiger partial charge in [-0.3, -0.25) is 0 Å². The zero-order valence-electron chi connectivity index (χ0n) is 10.8. The molecule has 1 aromatic carbocycles. The molecule has 0 amide bonds. The highest BCUT2D eigenvalue weighted by Gasteiger charge is 2.23. The minimum atomic E-state index is -3.30. The Morgan fingerprint density at radius 2 is 1.79 bits per heavy atom. The molecular formula is C13H18N2O3S. The van der Waals surface area contributed by atoms with Crippen molar-refractivity contribution in [2.75, 3.05) is 13.1 Å². The maximum atomic E-state index is 12.3. The van der Waals surface area contributed by atoms with Gasteiger partial charge >= 0.3 is 0 Å². The molecule has 0 radical (unpaired) electrons. The van der Waals surface area contributed by atoms with Crippen molar-refractivity contribution in [2.45, 2.75) is 31.4 Å². The predicted molar refractivity (Wildman–Crippen MR) is 74.6 cm³/mol. The van der Waals surface area contributed by atoms with Crippen LogP contribution in [-0.4, -0.2) is 25.8 Å². The van der Waals surface area contributed by atoms with E-state index >= 15 is 0 Å². The van der Waals surface area contributed by atoms with Crippen LogP contribution in [0.1, 0.15) is 31.2 Å². The molecule has 2 rings (SSSR count). The van der Waals surface area contributed by atoms with Gasteiger partial charge in [0.15, 0.2) is 0 Å². The van der Waals surface area contributed by atoms with Crippen LogP contribution < -0.4 is 0 Å². The molecule has 1 heterocycles. The van der Waals surface area contributed by atoms with Gasteiger partial charge in [-0.2, -0.15) is 0 Å². The summed E-state index contributed by atoms with van der Waals surface area (Å²) in [7, 11) is -3.30. The van der Waals surface area contributed by atoms with Gasteiger partial charge in [-0.15, -0.1) is 4.91 Å². The summed E-state index contributed by atoms with van der Waals surface area (Å²) in [6, 6.07) is 6.46. The third-order valence-corrected chi connectivity index (χ3v) is 5.17. The molecule has 104 valence electrons. The molecule has 0 bridgehead atoms. The normalized spacial score (nSPS) is 17.9. The van der Waals surface area contributed by atoms with Crippen molar-refractivity contribution in [1.29, 1.82) is 0 Å². The second kappa shape index (κ2) is 6.25. The molecule has 0 spiro atoms. The van der Waals surface area contributed by atoms with Crippen LogP contribution in [0, 0.1) is 4.91 Å². The van der Waals surface area contributed by atoms with E-state index in [2.05, 4.69) is 5.18 Å². The maximum Gasteiger partial charge on any atom is 0.218 e. The van der Waals surface area contributed by atoms with E-state index in [-0.39, 0.29) is 11.4 Å². The third-order valence-electron chi connectivity index (χ3n) is 3.32. The van der Waals surface area contributed by atoms with Crippen LogP contribution in [-0.2, 0) is 15.8 Å². The first-order valence-electron chi connectivity index (χ1n) is 6.52. The van der Waals surface area contributed by atoms with Crippen LogP contribution in [0.15, 0.2) is 29.4 Å². The first kappa shape index (κ1) is 14.1. The standard InChI is InChI=1S/C13H18N2O3S/c16-14-13-7-5-6-12(10-13)11-19(17,18)15-8-3-1-2-4-9-15/h5-7,10H,1-4,8-9,11H2. The van der Waals surface area contributed by atoms with E-state index in [1.807, 2.05) is 0 Å². The Morgan fingerprint density at radius 1 is 1.11 bits per heavy atom. The summed E-state index contributed by atoms with van der Waals surface area (Å²) in [5.74, 6) is -0.0592. The Morgan fingerprint density at radius 3 is 2.42 bits per heavy atom. The number of hydrogen-bond donors (Lipinski definition) is 0. The van der Waals surface area contributed by atoms with Crippen LogP contribution in [0.3, 0.4) is 0 Å². The largest absolute Gasteiger partial charge is 0.218 e. The lowest BCUT2D eigenvalue weighted by Gasteiger charge is -2.19. The van der Waals surface area contributed by atoms with E-state index < -0.39 is 10.0 Å². The molecule has 6 heteroatoms. The van der Waals surface area contributed by atoms with Crippen molar-refractivity contribution >= 4 is 15.7 Å². The van der Waals surface area contributed by atoms with Gasteiger partial charge in [-0.1, -0.05) is 25.0 Å². The van der Waals surface area contributed by atoms with Crippen molar-refractivity contribution in [2.24, 2.45) is 5.18 Å². The molecule has 1 fully saturated rings. The van der Waals surface area contributed by atoms with Gasteiger partial charge in [-0.25, -0.2) is 12.7 Å². The van der Waals surface area contributed by atoms with E-state index in [0.717, 1.165) is 25.7 Å². The van der Waals surface area contributed by atoms with Gasteiger partial charge in [0.2, 0.25) is 10.0 Å². The highest BCUT2D eigenvalue weighted by molar-refractivity contribution is 7.88. The number of hydrogen-bond acceptors (Lipinski definition) is 4. The molecule has 1 aliphatic heterocycles.